The molecule has 1 heterocycles. The fourth-order valence-corrected chi connectivity index (χ4v) is 6.58. The van der Waals surface area contributed by atoms with Crippen molar-refractivity contribution in [1.29, 1.82) is 0 Å². The van der Waals surface area contributed by atoms with Gasteiger partial charge in [0.25, 0.3) is 11.6 Å². The Morgan fingerprint density at radius 1 is 0.875 bits per heavy atom. The predicted molar refractivity (Wildman–Crippen MR) is 169 cm³/mol. The minimum Gasteiger partial charge on any atom is -0.331 e. The lowest BCUT2D eigenvalue weighted by molar-refractivity contribution is -0.385. The van der Waals surface area contributed by atoms with Crippen LogP contribution in [0.1, 0.15) is 51.0 Å². The second-order valence-corrected chi connectivity index (χ2v) is 12.8. The molecule has 5 rings (SSSR count). The SMILES string of the molecule is Cc1ccc(Sc2ccc([N+](=O)[O-])cc2CN(C(=O)c2cc(C(F)(F)F)cc(C(F)(F)F)c2)C2CCN(Cc3ccccc3)CC2)cc1. The molecule has 0 bridgehead atoms. The molecule has 0 unspecified atom stereocenters. The molecule has 1 fully saturated rings. The van der Waals surface area contributed by atoms with Gasteiger partial charge in [0.15, 0.2) is 0 Å². The van der Waals surface area contributed by atoms with Gasteiger partial charge in [-0.25, -0.2) is 0 Å². The molecule has 0 radical (unpaired) electrons. The van der Waals surface area contributed by atoms with Gasteiger partial charge in [-0.15, -0.1) is 0 Å². The molecule has 0 N–H and O–H groups in total. The lowest BCUT2D eigenvalue weighted by Gasteiger charge is -2.39. The molecule has 1 aliphatic rings. The van der Waals surface area contributed by atoms with Crippen LogP contribution in [0.15, 0.2) is 101 Å². The summed E-state index contributed by atoms with van der Waals surface area (Å²) >= 11 is 1.29. The van der Waals surface area contributed by atoms with Crippen LogP contribution in [0, 0.1) is 17.0 Å². The standard InChI is InChI=1S/C35H31F6N3O3S/c1-23-7-10-31(11-8-23)48-32-12-9-30(44(46)47)19-26(32)22-43(29-13-15-42(16-14-29)21-24-5-3-2-4-6-24)33(45)25-17-27(34(36,37)38)20-28(18-25)35(39,40)41/h2-12,17-20,29H,13-16,21-22H2,1H3. The normalized spacial score (nSPS) is 14.6. The third-order valence-electron chi connectivity index (χ3n) is 8.19. The third kappa shape index (κ3) is 8.75. The number of carbonyl (C=O) groups excluding carboxylic acids is 1. The zero-order valence-electron chi connectivity index (χ0n) is 25.7. The highest BCUT2D eigenvalue weighted by atomic mass is 32.2. The quantitative estimate of drug-likeness (QED) is 0.0997. The summed E-state index contributed by atoms with van der Waals surface area (Å²) in [4.78, 5) is 30.1. The Morgan fingerprint density at radius 3 is 2.04 bits per heavy atom. The van der Waals surface area contributed by atoms with E-state index in [2.05, 4.69) is 4.90 Å². The van der Waals surface area contributed by atoms with Crippen molar-refractivity contribution in [2.45, 2.75) is 61.0 Å². The highest BCUT2D eigenvalue weighted by Gasteiger charge is 2.39. The fourth-order valence-electron chi connectivity index (χ4n) is 5.66. The Bertz CT molecular complexity index is 1720. The molecule has 6 nitrogen and oxygen atoms in total. The Morgan fingerprint density at radius 2 is 1.48 bits per heavy atom. The van der Waals surface area contributed by atoms with Crippen molar-refractivity contribution in [2.24, 2.45) is 0 Å². The first-order chi connectivity index (χ1) is 22.7. The predicted octanol–water partition coefficient (Wildman–Crippen LogP) is 9.40. The number of halogens is 6. The number of alkyl halides is 6. The second kappa shape index (κ2) is 14.4. The van der Waals surface area contributed by atoms with E-state index in [9.17, 15) is 41.3 Å². The number of aryl methyl sites for hydroxylation is 1. The van der Waals surface area contributed by atoms with Gasteiger partial charge in [-0.2, -0.15) is 26.3 Å². The van der Waals surface area contributed by atoms with Crippen molar-refractivity contribution in [2.75, 3.05) is 13.1 Å². The Kier molecular flexibility index (Phi) is 10.5. The van der Waals surface area contributed by atoms with Gasteiger partial charge in [0.2, 0.25) is 0 Å². The van der Waals surface area contributed by atoms with Crippen LogP contribution in [0.3, 0.4) is 0 Å². The van der Waals surface area contributed by atoms with Crippen LogP contribution in [0.5, 0.6) is 0 Å². The summed E-state index contributed by atoms with van der Waals surface area (Å²) in [5, 5.41) is 11.8. The van der Waals surface area contributed by atoms with Gasteiger partial charge in [-0.05, 0) is 67.3 Å². The van der Waals surface area contributed by atoms with E-state index in [1.807, 2.05) is 61.5 Å². The fraction of sp³-hybridized carbons (Fsp3) is 0.286. The largest absolute Gasteiger partial charge is 0.416 e. The molecule has 0 saturated carbocycles. The van der Waals surface area contributed by atoms with Crippen LogP contribution in [-0.4, -0.2) is 39.8 Å². The minimum absolute atomic E-state index is 0.0138. The van der Waals surface area contributed by atoms with Gasteiger partial charge >= 0.3 is 12.4 Å². The zero-order valence-corrected chi connectivity index (χ0v) is 26.5. The lowest BCUT2D eigenvalue weighted by atomic mass is 9.98. The molecule has 1 saturated heterocycles. The maximum Gasteiger partial charge on any atom is 0.416 e. The summed E-state index contributed by atoms with van der Waals surface area (Å²) < 4.78 is 82.6. The van der Waals surface area contributed by atoms with Crippen LogP contribution in [0.25, 0.3) is 0 Å². The Balaban J connectivity index is 1.53. The molecule has 1 aliphatic heterocycles. The van der Waals surface area contributed by atoms with Gasteiger partial charge in [-0.1, -0.05) is 59.8 Å². The average molecular weight is 688 g/mol. The molecule has 0 atom stereocenters. The van der Waals surface area contributed by atoms with E-state index in [0.29, 0.717) is 55.1 Å². The minimum atomic E-state index is -5.14. The second-order valence-electron chi connectivity index (χ2n) is 11.7. The highest BCUT2D eigenvalue weighted by molar-refractivity contribution is 7.99. The number of hydrogen-bond acceptors (Lipinski definition) is 5. The Labute approximate surface area is 277 Å². The number of carbonyl (C=O) groups is 1. The van der Waals surface area contributed by atoms with E-state index >= 15 is 0 Å². The number of nitro groups is 1. The molecular formula is C35H31F6N3O3S. The number of non-ortho nitro benzene ring substituents is 1. The maximum atomic E-state index is 14.1. The van der Waals surface area contributed by atoms with Crippen molar-refractivity contribution in [3.8, 4) is 0 Å². The molecular weight excluding hydrogens is 656 g/mol. The van der Waals surface area contributed by atoms with Gasteiger partial charge in [0.1, 0.15) is 0 Å². The molecule has 48 heavy (non-hydrogen) atoms. The summed E-state index contributed by atoms with van der Waals surface area (Å²) in [7, 11) is 0. The van der Waals surface area contributed by atoms with Crippen LogP contribution in [-0.2, 0) is 25.4 Å². The van der Waals surface area contributed by atoms with Crippen molar-refractivity contribution >= 4 is 23.4 Å². The first-order valence-corrected chi connectivity index (χ1v) is 15.9. The third-order valence-corrected chi connectivity index (χ3v) is 9.31. The van der Waals surface area contributed by atoms with Crippen LogP contribution >= 0.6 is 11.8 Å². The smallest absolute Gasteiger partial charge is 0.331 e. The number of hydrogen-bond donors (Lipinski definition) is 0. The van der Waals surface area contributed by atoms with Gasteiger partial charge < -0.3 is 4.90 Å². The monoisotopic (exact) mass is 687 g/mol. The molecule has 0 spiro atoms. The van der Waals surface area contributed by atoms with E-state index in [1.165, 1.54) is 34.9 Å². The summed E-state index contributed by atoms with van der Waals surface area (Å²) in [6.45, 7) is 3.31. The molecule has 252 valence electrons. The van der Waals surface area contributed by atoms with Gasteiger partial charge in [0, 0.05) is 59.7 Å². The van der Waals surface area contributed by atoms with E-state index in [-0.39, 0.29) is 18.3 Å². The first kappa shape index (κ1) is 35.0. The molecule has 13 heteroatoms. The molecule has 0 aliphatic carbocycles. The summed E-state index contributed by atoms with van der Waals surface area (Å²) in [6, 6.07) is 21.6. The number of benzene rings is 4. The van der Waals surface area contributed by atoms with Crippen molar-refractivity contribution in [3.05, 3.63) is 134 Å². The maximum absolute atomic E-state index is 14.1. The Hall–Kier alpha value is -4.36. The number of piperidine rings is 1. The van der Waals surface area contributed by atoms with Crippen molar-refractivity contribution < 1.29 is 36.1 Å². The van der Waals surface area contributed by atoms with E-state index in [1.54, 1.807) is 0 Å². The molecule has 4 aromatic carbocycles. The summed E-state index contributed by atoms with van der Waals surface area (Å²) in [5.74, 6) is -1.02. The van der Waals surface area contributed by atoms with E-state index in [4.69, 9.17) is 0 Å². The van der Waals surface area contributed by atoms with Crippen molar-refractivity contribution in [1.82, 2.24) is 9.80 Å². The number of amides is 1. The summed E-state index contributed by atoms with van der Waals surface area (Å²) in [6.07, 6.45) is -9.50. The summed E-state index contributed by atoms with van der Waals surface area (Å²) in [5.41, 5.74) is -1.78. The van der Waals surface area contributed by atoms with Crippen molar-refractivity contribution in [3.63, 3.8) is 0 Å². The topological polar surface area (TPSA) is 66.7 Å². The highest BCUT2D eigenvalue weighted by Crippen LogP contribution is 2.38. The average Bonchev–Trinajstić information content (AvgIpc) is 3.05. The number of rotatable bonds is 9. The first-order valence-electron chi connectivity index (χ1n) is 15.1. The molecule has 1 amide bonds. The van der Waals surface area contributed by atoms with Crippen LogP contribution in [0.4, 0.5) is 32.0 Å². The van der Waals surface area contributed by atoms with Crippen LogP contribution < -0.4 is 0 Å². The molecule has 0 aromatic heterocycles. The lowest BCUT2D eigenvalue weighted by Crippen LogP contribution is -2.47. The number of nitrogens with zero attached hydrogens (tertiary/aromatic N) is 3. The van der Waals surface area contributed by atoms with E-state index < -0.39 is 45.9 Å². The number of likely N-dealkylation sites (tertiary alicyclic amines) is 1. The molecule has 4 aromatic rings. The van der Waals surface area contributed by atoms with Gasteiger partial charge in [0.05, 0.1) is 16.1 Å². The van der Waals surface area contributed by atoms with E-state index in [0.717, 1.165) is 16.0 Å². The zero-order chi connectivity index (χ0) is 34.6. The number of nitro benzene ring substituents is 1. The van der Waals surface area contributed by atoms with Gasteiger partial charge in [-0.3, -0.25) is 19.8 Å². The van der Waals surface area contributed by atoms with Crippen LogP contribution in [0.2, 0.25) is 0 Å².